The maximum atomic E-state index is 10.8. The first-order valence-corrected chi connectivity index (χ1v) is 16.9. The quantitative estimate of drug-likeness (QED) is 0.0914. The molecule has 10 heteroatoms. The Hall–Kier alpha value is -6.91. The summed E-state index contributed by atoms with van der Waals surface area (Å²) in [5.41, 5.74) is 3.64. The van der Waals surface area contributed by atoms with E-state index in [0.717, 1.165) is 22.1 Å². The zero-order chi connectivity index (χ0) is 34.5. The molecule has 5 N–H and O–H groups in total. The van der Waals surface area contributed by atoms with E-state index in [-0.39, 0.29) is 22.7 Å². The van der Waals surface area contributed by atoms with E-state index in [4.69, 9.17) is 0 Å². The van der Waals surface area contributed by atoms with E-state index >= 15 is 0 Å². The maximum absolute atomic E-state index is 10.8. The van der Waals surface area contributed by atoms with Gasteiger partial charge in [-0.15, -0.1) is 11.3 Å². The van der Waals surface area contributed by atoms with Gasteiger partial charge in [-0.2, -0.15) is 0 Å². The van der Waals surface area contributed by atoms with Gasteiger partial charge in [0.05, 0.1) is 22.3 Å². The number of pyridine rings is 1. The Kier molecular flexibility index (Phi) is 6.00. The molecule has 0 unspecified atom stereocenters. The standard InChI is InChI=1S/C41H24N4O5S/c46-34-31(35(47)37(49)38(50)36(34)48)32-26-12-7-19-42-41(26)44-40(43-32)20-15-17-21(18-16-20)45-27-13-5-3-10-24(27)29-22-8-1-2-9-23(22)39-30(33(29)45)25-11-4-6-14-28(25)51-39/h1-19,46-50H. The Morgan fingerprint density at radius 2 is 1.16 bits per heavy atom. The number of aromatic hydroxyl groups is 5. The molecule has 4 aromatic heterocycles. The number of nitrogens with zero attached hydrogens (tertiary/aromatic N) is 4. The van der Waals surface area contributed by atoms with Crippen molar-refractivity contribution in [3.05, 3.63) is 115 Å². The van der Waals surface area contributed by atoms with Crippen molar-refractivity contribution in [1.82, 2.24) is 19.5 Å². The summed E-state index contributed by atoms with van der Waals surface area (Å²) in [7, 11) is 0. The Bertz CT molecular complexity index is 3070. The Morgan fingerprint density at radius 1 is 0.529 bits per heavy atom. The van der Waals surface area contributed by atoms with Gasteiger partial charge in [0.2, 0.25) is 17.2 Å². The first kappa shape index (κ1) is 29.0. The predicted octanol–water partition coefficient (Wildman–Crippen LogP) is 9.50. The van der Waals surface area contributed by atoms with Crippen molar-refractivity contribution in [3.8, 4) is 57.1 Å². The van der Waals surface area contributed by atoms with Gasteiger partial charge in [0.25, 0.3) is 0 Å². The molecule has 0 radical (unpaired) electrons. The minimum absolute atomic E-state index is 0.00813. The number of aromatic nitrogens is 4. The summed E-state index contributed by atoms with van der Waals surface area (Å²) in [5.74, 6) is -4.50. The molecule has 0 spiro atoms. The van der Waals surface area contributed by atoms with E-state index in [1.165, 1.54) is 36.3 Å². The fourth-order valence-electron chi connectivity index (χ4n) is 7.34. The normalized spacial score (nSPS) is 11.9. The van der Waals surface area contributed by atoms with Gasteiger partial charge in [0.1, 0.15) is 0 Å². The lowest BCUT2D eigenvalue weighted by Gasteiger charge is -2.14. The van der Waals surface area contributed by atoms with Crippen molar-refractivity contribution in [2.75, 3.05) is 0 Å². The smallest absolute Gasteiger partial charge is 0.208 e. The number of hydrogen-bond donors (Lipinski definition) is 5. The number of phenolic OH excluding ortho intramolecular Hbond substituents is 5. The average molecular weight is 685 g/mol. The maximum Gasteiger partial charge on any atom is 0.208 e. The Balaban J connectivity index is 1.23. The van der Waals surface area contributed by atoms with E-state index in [1.54, 1.807) is 18.3 Å². The largest absolute Gasteiger partial charge is 0.504 e. The summed E-state index contributed by atoms with van der Waals surface area (Å²) >= 11 is 1.81. The second-order valence-electron chi connectivity index (χ2n) is 12.4. The predicted molar refractivity (Wildman–Crippen MR) is 201 cm³/mol. The molecule has 0 bridgehead atoms. The first-order valence-electron chi connectivity index (χ1n) is 16.1. The first-order chi connectivity index (χ1) is 24.9. The van der Waals surface area contributed by atoms with Crippen LogP contribution in [-0.2, 0) is 0 Å². The number of benzene rings is 6. The second kappa shape index (κ2) is 10.5. The van der Waals surface area contributed by atoms with Gasteiger partial charge in [-0.05, 0) is 53.9 Å². The number of phenols is 5. The van der Waals surface area contributed by atoms with Crippen LogP contribution in [0.5, 0.6) is 28.7 Å². The van der Waals surface area contributed by atoms with Crippen molar-refractivity contribution in [1.29, 1.82) is 0 Å². The van der Waals surface area contributed by atoms with Gasteiger partial charge in [-0.3, -0.25) is 0 Å². The van der Waals surface area contributed by atoms with Crippen LogP contribution in [-0.4, -0.2) is 45.1 Å². The number of hydrogen-bond acceptors (Lipinski definition) is 9. The molecule has 6 aromatic carbocycles. The highest BCUT2D eigenvalue weighted by Gasteiger charge is 2.28. The van der Waals surface area contributed by atoms with E-state index < -0.39 is 28.7 Å². The molecular formula is C41H24N4O5S. The zero-order valence-corrected chi connectivity index (χ0v) is 27.2. The van der Waals surface area contributed by atoms with Crippen LogP contribution in [0.1, 0.15) is 0 Å². The molecule has 0 aliphatic carbocycles. The molecule has 0 aliphatic rings. The monoisotopic (exact) mass is 684 g/mol. The van der Waals surface area contributed by atoms with E-state index in [0.29, 0.717) is 10.9 Å². The Labute approximate surface area is 291 Å². The summed E-state index contributed by atoms with van der Waals surface area (Å²) in [6.45, 7) is 0. The summed E-state index contributed by atoms with van der Waals surface area (Å²) in [6.07, 6.45) is 1.55. The highest BCUT2D eigenvalue weighted by atomic mass is 32.1. The van der Waals surface area contributed by atoms with Crippen LogP contribution in [0.2, 0.25) is 0 Å². The zero-order valence-electron chi connectivity index (χ0n) is 26.4. The fourth-order valence-corrected chi connectivity index (χ4v) is 8.58. The van der Waals surface area contributed by atoms with Crippen molar-refractivity contribution >= 4 is 75.1 Å². The molecule has 51 heavy (non-hydrogen) atoms. The molecule has 0 fully saturated rings. The third kappa shape index (κ3) is 3.99. The van der Waals surface area contributed by atoms with Crippen LogP contribution in [0.3, 0.4) is 0 Å². The van der Waals surface area contributed by atoms with Gasteiger partial charge in [0.15, 0.2) is 23.0 Å². The molecule has 10 rings (SSSR count). The van der Waals surface area contributed by atoms with Crippen LogP contribution >= 0.6 is 11.3 Å². The minimum atomic E-state index is -1.05. The Morgan fingerprint density at radius 3 is 1.92 bits per heavy atom. The summed E-state index contributed by atoms with van der Waals surface area (Å²) in [6, 6.07) is 36.7. The van der Waals surface area contributed by atoms with Crippen LogP contribution < -0.4 is 0 Å². The van der Waals surface area contributed by atoms with Gasteiger partial charge in [0, 0.05) is 59.2 Å². The lowest BCUT2D eigenvalue weighted by Crippen LogP contribution is -1.98. The number of para-hydroxylation sites is 1. The van der Waals surface area contributed by atoms with E-state index in [9.17, 15) is 25.5 Å². The summed E-state index contributed by atoms with van der Waals surface area (Å²) in [4.78, 5) is 13.8. The molecule has 244 valence electrons. The molecule has 0 saturated carbocycles. The molecule has 0 amide bonds. The molecule has 4 heterocycles. The van der Waals surface area contributed by atoms with E-state index in [1.807, 2.05) is 35.6 Å². The van der Waals surface area contributed by atoms with Crippen LogP contribution in [0.25, 0.3) is 92.1 Å². The number of rotatable bonds is 3. The molecule has 9 nitrogen and oxygen atoms in total. The van der Waals surface area contributed by atoms with Crippen LogP contribution in [0, 0.1) is 0 Å². The lowest BCUT2D eigenvalue weighted by atomic mass is 10.00. The van der Waals surface area contributed by atoms with Gasteiger partial charge < -0.3 is 30.1 Å². The molecule has 0 aliphatic heterocycles. The van der Waals surface area contributed by atoms with Gasteiger partial charge >= 0.3 is 0 Å². The third-order valence-electron chi connectivity index (χ3n) is 9.61. The summed E-state index contributed by atoms with van der Waals surface area (Å²) in [5, 5.41) is 59.8. The number of thiophene rings is 1. The van der Waals surface area contributed by atoms with Crippen molar-refractivity contribution in [2.24, 2.45) is 0 Å². The van der Waals surface area contributed by atoms with E-state index in [2.05, 4.69) is 92.3 Å². The molecular weight excluding hydrogens is 661 g/mol. The SMILES string of the molecule is Oc1c(O)c(O)c(-c2nc(-c3ccc(-n4c5ccccc5c5c6ccccc6c6sc7ccccc7c6c54)cc3)nc3ncccc23)c(O)c1O. The summed E-state index contributed by atoms with van der Waals surface area (Å²) < 4.78 is 4.78. The highest BCUT2D eigenvalue weighted by Crippen LogP contribution is 2.55. The minimum Gasteiger partial charge on any atom is -0.504 e. The average Bonchev–Trinajstić information content (AvgIpc) is 3.73. The van der Waals surface area contributed by atoms with Crippen molar-refractivity contribution in [3.63, 3.8) is 0 Å². The third-order valence-corrected chi connectivity index (χ3v) is 10.8. The molecule has 0 atom stereocenters. The van der Waals surface area contributed by atoms with Crippen molar-refractivity contribution in [2.45, 2.75) is 0 Å². The molecule has 0 saturated heterocycles. The molecule has 10 aromatic rings. The lowest BCUT2D eigenvalue weighted by molar-refractivity contribution is 0.330. The van der Waals surface area contributed by atoms with Gasteiger partial charge in [-0.1, -0.05) is 60.7 Å². The van der Waals surface area contributed by atoms with Crippen LogP contribution in [0.4, 0.5) is 0 Å². The fraction of sp³-hybridized carbons (Fsp3) is 0. The van der Waals surface area contributed by atoms with Crippen LogP contribution in [0.15, 0.2) is 115 Å². The number of fused-ring (bicyclic) bond motifs is 11. The highest BCUT2D eigenvalue weighted by molar-refractivity contribution is 7.27. The topological polar surface area (TPSA) is 145 Å². The van der Waals surface area contributed by atoms with Gasteiger partial charge in [-0.25, -0.2) is 15.0 Å². The second-order valence-corrected chi connectivity index (χ2v) is 13.4. The van der Waals surface area contributed by atoms with Crippen molar-refractivity contribution < 1.29 is 25.5 Å².